The first kappa shape index (κ1) is 25.5. The number of benzene rings is 1. The fourth-order valence-corrected chi connectivity index (χ4v) is 7.45. The van der Waals surface area contributed by atoms with Gasteiger partial charge in [0.25, 0.3) is 0 Å². The van der Waals surface area contributed by atoms with E-state index in [1.165, 1.54) is 0 Å². The maximum absolute atomic E-state index is 16.6. The van der Waals surface area contributed by atoms with Crippen molar-refractivity contribution in [2.24, 2.45) is 0 Å². The molecule has 3 aromatic heterocycles. The highest BCUT2D eigenvalue weighted by molar-refractivity contribution is 7.23. The Bertz CT molecular complexity index is 1710. The van der Waals surface area contributed by atoms with Gasteiger partial charge in [-0.05, 0) is 31.5 Å². The maximum atomic E-state index is 16.6. The van der Waals surface area contributed by atoms with Crippen LogP contribution < -0.4 is 10.6 Å². The topological polar surface area (TPSA) is 107 Å². The average Bonchev–Trinajstić information content (AvgIpc) is 3.67. The van der Waals surface area contributed by atoms with Gasteiger partial charge in [-0.2, -0.15) is 5.26 Å². The molecule has 0 saturated carbocycles. The number of aromatic nitrogens is 3. The second-order valence-corrected chi connectivity index (χ2v) is 11.9. The van der Waals surface area contributed by atoms with Crippen molar-refractivity contribution >= 4 is 43.3 Å². The molecule has 3 aliphatic rings. The zero-order valence-corrected chi connectivity index (χ0v) is 23.1. The smallest absolute Gasteiger partial charge is 0.226 e. The summed E-state index contributed by atoms with van der Waals surface area (Å²) < 4.78 is 37.3. The number of anilines is 2. The largest absolute Gasteiger partial charge is 0.389 e. The lowest BCUT2D eigenvalue weighted by Gasteiger charge is -2.38. The summed E-state index contributed by atoms with van der Waals surface area (Å²) in [4.78, 5) is 20.8. The van der Waals surface area contributed by atoms with E-state index in [1.807, 2.05) is 0 Å². The standard InChI is InChI=1S/C28H28F2N8OS/c1-14-20(37-7-5-36(2)6-8-37)3-4-38(14)28-34-10-16-17-12-39-13-18(17)21(23(30)24(16)35-28)25-22-15(9-31)27(32)40-26(22)19(29)11-33-25/h10-11,14,20H,3-8,12-13,32H2,1-2H3/t14-,20-/m1/s1. The molecule has 0 amide bonds. The van der Waals surface area contributed by atoms with Crippen molar-refractivity contribution in [3.8, 4) is 17.3 Å². The summed E-state index contributed by atoms with van der Waals surface area (Å²) in [5.74, 6) is -0.705. The molecule has 2 saturated heterocycles. The third-order valence-corrected chi connectivity index (χ3v) is 9.74. The highest BCUT2D eigenvalue weighted by Gasteiger charge is 2.37. The Kier molecular flexibility index (Phi) is 6.08. The SMILES string of the molecule is C[C@@H]1[C@H](N2CCN(C)CC2)CCN1c1ncc2c3c(c(-c4ncc(F)c5sc(N)c(C#N)c45)c(F)c2n1)COC3. The van der Waals surface area contributed by atoms with Crippen molar-refractivity contribution in [1.29, 1.82) is 5.26 Å². The number of nitriles is 1. The van der Waals surface area contributed by atoms with E-state index in [4.69, 9.17) is 15.5 Å². The fourth-order valence-electron chi connectivity index (χ4n) is 6.52. The van der Waals surface area contributed by atoms with Crippen LogP contribution in [0.2, 0.25) is 0 Å². The van der Waals surface area contributed by atoms with Crippen molar-refractivity contribution in [2.75, 3.05) is 50.4 Å². The molecule has 206 valence electrons. The Balaban J connectivity index is 1.36. The number of ether oxygens (including phenoxy) is 1. The minimum Gasteiger partial charge on any atom is -0.389 e. The van der Waals surface area contributed by atoms with Crippen LogP contribution in [-0.4, -0.2) is 76.6 Å². The third-order valence-electron chi connectivity index (χ3n) is 8.71. The number of halogens is 2. The van der Waals surface area contributed by atoms with Gasteiger partial charge >= 0.3 is 0 Å². The van der Waals surface area contributed by atoms with Crippen molar-refractivity contribution in [1.82, 2.24) is 24.8 Å². The van der Waals surface area contributed by atoms with Crippen LogP contribution in [0, 0.1) is 23.0 Å². The summed E-state index contributed by atoms with van der Waals surface area (Å²) in [6, 6.07) is 2.60. The normalized spacial score (nSPS) is 21.9. The minimum atomic E-state index is -0.603. The molecule has 0 radical (unpaired) electrons. The van der Waals surface area contributed by atoms with Gasteiger partial charge in [0.2, 0.25) is 5.95 Å². The van der Waals surface area contributed by atoms with Gasteiger partial charge in [-0.1, -0.05) is 0 Å². The number of fused-ring (bicyclic) bond motifs is 4. The summed E-state index contributed by atoms with van der Waals surface area (Å²) in [6.07, 6.45) is 3.73. The van der Waals surface area contributed by atoms with E-state index in [0.29, 0.717) is 22.9 Å². The zero-order chi connectivity index (χ0) is 27.7. The van der Waals surface area contributed by atoms with Crippen LogP contribution in [0.15, 0.2) is 12.4 Å². The van der Waals surface area contributed by atoms with E-state index in [-0.39, 0.29) is 56.7 Å². The predicted molar refractivity (Wildman–Crippen MR) is 150 cm³/mol. The van der Waals surface area contributed by atoms with Crippen LogP contribution in [-0.2, 0) is 18.0 Å². The third kappa shape index (κ3) is 3.76. The van der Waals surface area contributed by atoms with Crippen molar-refractivity contribution in [2.45, 2.75) is 38.6 Å². The highest BCUT2D eigenvalue weighted by Crippen LogP contribution is 2.45. The van der Waals surface area contributed by atoms with E-state index in [1.54, 1.807) is 6.20 Å². The number of likely N-dealkylation sites (N-methyl/N-ethyl adjacent to an activating group) is 1. The number of nitrogens with two attached hydrogens (primary N) is 1. The number of piperazine rings is 1. The summed E-state index contributed by atoms with van der Waals surface area (Å²) in [7, 11) is 2.15. The summed E-state index contributed by atoms with van der Waals surface area (Å²) in [5, 5.41) is 10.8. The highest BCUT2D eigenvalue weighted by atomic mass is 32.1. The Morgan fingerprint density at radius 2 is 1.88 bits per heavy atom. The number of hydrogen-bond acceptors (Lipinski definition) is 10. The summed E-state index contributed by atoms with van der Waals surface area (Å²) in [5.41, 5.74) is 8.05. The van der Waals surface area contributed by atoms with Gasteiger partial charge in [0, 0.05) is 67.3 Å². The molecule has 2 N–H and O–H groups in total. The van der Waals surface area contributed by atoms with E-state index < -0.39 is 11.6 Å². The van der Waals surface area contributed by atoms with Gasteiger partial charge in [-0.3, -0.25) is 9.88 Å². The van der Waals surface area contributed by atoms with Crippen LogP contribution in [0.1, 0.15) is 30.0 Å². The zero-order valence-electron chi connectivity index (χ0n) is 22.2. The van der Waals surface area contributed by atoms with Gasteiger partial charge in [0.05, 0.1) is 35.4 Å². The van der Waals surface area contributed by atoms with Crippen LogP contribution in [0.25, 0.3) is 32.2 Å². The van der Waals surface area contributed by atoms with Gasteiger partial charge in [0.15, 0.2) is 11.6 Å². The van der Waals surface area contributed by atoms with Crippen molar-refractivity contribution in [3.63, 3.8) is 0 Å². The first-order chi connectivity index (χ1) is 19.4. The molecular formula is C28H28F2N8OS. The van der Waals surface area contributed by atoms with E-state index >= 15 is 4.39 Å². The van der Waals surface area contributed by atoms with Gasteiger partial charge in [0.1, 0.15) is 16.6 Å². The average molecular weight is 563 g/mol. The number of rotatable bonds is 3. The van der Waals surface area contributed by atoms with E-state index in [2.05, 4.69) is 44.7 Å². The lowest BCUT2D eigenvalue weighted by atomic mass is 9.94. The Hall–Kier alpha value is -3.50. The Morgan fingerprint density at radius 3 is 2.65 bits per heavy atom. The molecule has 12 heteroatoms. The lowest BCUT2D eigenvalue weighted by molar-refractivity contribution is 0.108. The van der Waals surface area contributed by atoms with E-state index in [9.17, 15) is 9.65 Å². The molecule has 40 heavy (non-hydrogen) atoms. The van der Waals surface area contributed by atoms with Crippen LogP contribution in [0.5, 0.6) is 0 Å². The predicted octanol–water partition coefficient (Wildman–Crippen LogP) is 3.88. The molecular weight excluding hydrogens is 534 g/mol. The Labute approximate surface area is 233 Å². The molecule has 4 aromatic rings. The fraction of sp³-hybridized carbons (Fsp3) is 0.429. The number of nitrogens with zero attached hydrogens (tertiary/aromatic N) is 7. The molecule has 0 bridgehead atoms. The minimum absolute atomic E-state index is 0.0957. The number of thiophene rings is 1. The molecule has 0 aliphatic carbocycles. The monoisotopic (exact) mass is 562 g/mol. The second kappa shape index (κ2) is 9.55. The Morgan fingerprint density at radius 1 is 1.10 bits per heavy atom. The van der Waals surface area contributed by atoms with Crippen molar-refractivity contribution < 1.29 is 13.5 Å². The summed E-state index contributed by atoms with van der Waals surface area (Å²) in [6.45, 7) is 7.55. The van der Waals surface area contributed by atoms with Crippen LogP contribution >= 0.6 is 11.3 Å². The molecule has 3 aliphatic heterocycles. The molecule has 6 heterocycles. The van der Waals surface area contributed by atoms with Crippen molar-refractivity contribution in [3.05, 3.63) is 40.7 Å². The second-order valence-electron chi connectivity index (χ2n) is 10.8. The molecule has 7 rings (SSSR count). The summed E-state index contributed by atoms with van der Waals surface area (Å²) >= 11 is 0.961. The molecule has 0 unspecified atom stereocenters. The van der Waals surface area contributed by atoms with Gasteiger partial charge in [-0.15, -0.1) is 11.3 Å². The van der Waals surface area contributed by atoms with Gasteiger partial charge in [-0.25, -0.2) is 18.7 Å². The first-order valence-corrected chi connectivity index (χ1v) is 14.2. The number of pyridine rings is 1. The van der Waals surface area contributed by atoms with Gasteiger partial charge < -0.3 is 20.3 Å². The molecule has 2 atom stereocenters. The van der Waals surface area contributed by atoms with Crippen LogP contribution in [0.3, 0.4) is 0 Å². The maximum Gasteiger partial charge on any atom is 0.226 e. The lowest BCUT2D eigenvalue weighted by Crippen LogP contribution is -2.52. The molecule has 0 spiro atoms. The van der Waals surface area contributed by atoms with Crippen LogP contribution in [0.4, 0.5) is 19.7 Å². The molecule has 1 aromatic carbocycles. The first-order valence-electron chi connectivity index (χ1n) is 13.4. The van der Waals surface area contributed by atoms with E-state index in [0.717, 1.165) is 62.2 Å². The number of nitrogen functional groups attached to an aromatic ring is 1. The molecule has 2 fully saturated rings. The quantitative estimate of drug-likeness (QED) is 0.398. The molecule has 9 nitrogen and oxygen atoms in total. The number of hydrogen-bond donors (Lipinski definition) is 1.